The van der Waals surface area contributed by atoms with Gasteiger partial charge in [0.15, 0.2) is 0 Å². The van der Waals surface area contributed by atoms with Gasteiger partial charge in [0, 0.05) is 18.8 Å². The van der Waals surface area contributed by atoms with Gasteiger partial charge in [-0.1, -0.05) is 0 Å². The molecular weight excluding hydrogens is 188 g/mol. The first-order chi connectivity index (χ1) is 6.00. The summed E-state index contributed by atoms with van der Waals surface area (Å²) in [4.78, 5) is 25.7. The topological polar surface area (TPSA) is 40.6 Å². The molecule has 5 heteroatoms. The van der Waals surface area contributed by atoms with E-state index in [4.69, 9.17) is 0 Å². The number of nitrogens with zero attached hydrogens (tertiary/aromatic N) is 2. The molecule has 1 aliphatic rings. The largest absolute Gasteiger partial charge is 0.327 e. The van der Waals surface area contributed by atoms with Crippen molar-refractivity contribution in [2.24, 2.45) is 0 Å². The number of carbonyl (C=O) groups is 2. The van der Waals surface area contributed by atoms with Crippen LogP contribution in [0.1, 0.15) is 13.8 Å². The maximum absolute atomic E-state index is 11.5. The van der Waals surface area contributed by atoms with E-state index in [1.165, 1.54) is 7.05 Å². The minimum absolute atomic E-state index is 0.0403. The van der Waals surface area contributed by atoms with Crippen molar-refractivity contribution in [2.45, 2.75) is 25.9 Å². The zero-order valence-electron chi connectivity index (χ0n) is 8.02. The molecule has 13 heavy (non-hydrogen) atoms. The van der Waals surface area contributed by atoms with Crippen molar-refractivity contribution < 1.29 is 9.59 Å². The van der Waals surface area contributed by atoms with Crippen LogP contribution >= 0.6 is 12.6 Å². The van der Waals surface area contributed by atoms with Gasteiger partial charge < -0.3 is 4.90 Å². The smallest absolute Gasteiger partial charge is 0.309 e. The van der Waals surface area contributed by atoms with E-state index in [-0.39, 0.29) is 24.0 Å². The Morgan fingerprint density at radius 1 is 1.46 bits per heavy atom. The molecule has 3 amide bonds. The van der Waals surface area contributed by atoms with Gasteiger partial charge >= 0.3 is 6.03 Å². The van der Waals surface area contributed by atoms with Gasteiger partial charge in [0.1, 0.15) is 6.04 Å². The molecule has 74 valence electrons. The Morgan fingerprint density at radius 3 is 2.31 bits per heavy atom. The van der Waals surface area contributed by atoms with Crippen LogP contribution in [0, 0.1) is 0 Å². The highest BCUT2D eigenvalue weighted by molar-refractivity contribution is 7.80. The van der Waals surface area contributed by atoms with Crippen LogP contribution in [0.15, 0.2) is 0 Å². The molecule has 1 unspecified atom stereocenters. The molecule has 0 aromatic heterocycles. The van der Waals surface area contributed by atoms with Crippen LogP contribution in [0.2, 0.25) is 0 Å². The fourth-order valence-electron chi connectivity index (χ4n) is 1.49. The van der Waals surface area contributed by atoms with E-state index in [0.29, 0.717) is 5.75 Å². The van der Waals surface area contributed by atoms with E-state index in [0.717, 1.165) is 4.90 Å². The first-order valence-corrected chi connectivity index (χ1v) is 4.84. The van der Waals surface area contributed by atoms with Gasteiger partial charge in [-0.05, 0) is 13.8 Å². The van der Waals surface area contributed by atoms with Crippen molar-refractivity contribution >= 4 is 24.6 Å². The predicted molar refractivity (Wildman–Crippen MR) is 52.8 cm³/mol. The van der Waals surface area contributed by atoms with Crippen LogP contribution < -0.4 is 0 Å². The van der Waals surface area contributed by atoms with Crippen molar-refractivity contribution in [3.05, 3.63) is 0 Å². The Morgan fingerprint density at radius 2 is 2.00 bits per heavy atom. The molecule has 4 nitrogen and oxygen atoms in total. The van der Waals surface area contributed by atoms with E-state index in [1.807, 2.05) is 13.8 Å². The Kier molecular flexibility index (Phi) is 2.85. The molecule has 1 aliphatic heterocycles. The summed E-state index contributed by atoms with van der Waals surface area (Å²) in [6.07, 6.45) is 0. The van der Waals surface area contributed by atoms with Gasteiger partial charge in [0.05, 0.1) is 0 Å². The third-order valence-corrected chi connectivity index (χ3v) is 2.53. The molecule has 0 spiro atoms. The number of hydrogen-bond acceptors (Lipinski definition) is 3. The number of carbonyl (C=O) groups excluding carboxylic acids is 2. The Bertz CT molecular complexity index is 242. The summed E-state index contributed by atoms with van der Waals surface area (Å²) in [6.45, 7) is 3.78. The highest BCUT2D eigenvalue weighted by atomic mass is 32.1. The molecule has 1 atom stereocenters. The highest BCUT2D eigenvalue weighted by Crippen LogP contribution is 2.19. The van der Waals surface area contributed by atoms with Crippen molar-refractivity contribution in [3.8, 4) is 0 Å². The number of hydrogen-bond donors (Lipinski definition) is 1. The molecule has 1 fully saturated rings. The zero-order chi connectivity index (χ0) is 10.2. The minimum Gasteiger partial charge on any atom is -0.309 e. The summed E-state index contributed by atoms with van der Waals surface area (Å²) >= 11 is 4.07. The molecule has 0 aromatic rings. The quantitative estimate of drug-likeness (QED) is 0.526. The van der Waals surface area contributed by atoms with E-state index in [1.54, 1.807) is 4.90 Å². The SMILES string of the molecule is CC(C)N1C(=O)N(C)C(=O)C1CS. The van der Waals surface area contributed by atoms with Crippen LogP contribution in [-0.2, 0) is 4.79 Å². The second-order valence-electron chi connectivity index (χ2n) is 3.38. The number of thiol groups is 1. The normalized spacial score (nSPS) is 23.6. The van der Waals surface area contributed by atoms with Crippen LogP contribution in [0.3, 0.4) is 0 Å². The molecule has 0 bridgehead atoms. The Balaban J connectivity index is 2.94. The summed E-state index contributed by atoms with van der Waals surface area (Å²) in [5, 5.41) is 0. The van der Waals surface area contributed by atoms with E-state index in [2.05, 4.69) is 12.6 Å². The van der Waals surface area contributed by atoms with Gasteiger partial charge in [-0.3, -0.25) is 9.69 Å². The molecule has 0 N–H and O–H groups in total. The summed E-state index contributed by atoms with van der Waals surface area (Å²) in [7, 11) is 1.50. The predicted octanol–water partition coefficient (Wildman–Crippen LogP) is 0.587. The van der Waals surface area contributed by atoms with Crippen molar-refractivity contribution in [1.82, 2.24) is 9.80 Å². The lowest BCUT2D eigenvalue weighted by Crippen LogP contribution is -2.41. The molecule has 0 aliphatic carbocycles. The third-order valence-electron chi connectivity index (χ3n) is 2.19. The third kappa shape index (κ3) is 1.52. The van der Waals surface area contributed by atoms with Gasteiger partial charge in [-0.15, -0.1) is 0 Å². The fraction of sp³-hybridized carbons (Fsp3) is 0.750. The van der Waals surface area contributed by atoms with Crippen LogP contribution in [0.4, 0.5) is 4.79 Å². The molecule has 0 aromatic carbocycles. The summed E-state index contributed by atoms with van der Waals surface area (Å²) in [5.74, 6) is 0.223. The lowest BCUT2D eigenvalue weighted by atomic mass is 10.2. The van der Waals surface area contributed by atoms with E-state index < -0.39 is 0 Å². The summed E-state index contributed by atoms with van der Waals surface area (Å²) in [6, 6.07) is -0.571. The van der Waals surface area contributed by atoms with Gasteiger partial charge in [0.25, 0.3) is 5.91 Å². The maximum Gasteiger partial charge on any atom is 0.327 e. The minimum atomic E-state index is -0.388. The molecule has 0 saturated carbocycles. The van der Waals surface area contributed by atoms with E-state index in [9.17, 15) is 9.59 Å². The highest BCUT2D eigenvalue weighted by Gasteiger charge is 2.43. The Labute approximate surface area is 83.3 Å². The first kappa shape index (κ1) is 10.4. The summed E-state index contributed by atoms with van der Waals surface area (Å²) in [5.41, 5.74) is 0. The van der Waals surface area contributed by atoms with Crippen molar-refractivity contribution in [3.63, 3.8) is 0 Å². The monoisotopic (exact) mass is 202 g/mol. The second-order valence-corrected chi connectivity index (χ2v) is 3.74. The Hall–Kier alpha value is -0.710. The van der Waals surface area contributed by atoms with Gasteiger partial charge in [0.2, 0.25) is 0 Å². The zero-order valence-corrected chi connectivity index (χ0v) is 8.91. The molecule has 1 heterocycles. The standard InChI is InChI=1S/C8H14N2O2S/c1-5(2)10-6(4-13)7(11)9(3)8(10)12/h5-6,13H,4H2,1-3H3. The van der Waals surface area contributed by atoms with Crippen LogP contribution in [0.25, 0.3) is 0 Å². The van der Waals surface area contributed by atoms with Crippen molar-refractivity contribution in [2.75, 3.05) is 12.8 Å². The van der Waals surface area contributed by atoms with Crippen LogP contribution in [0.5, 0.6) is 0 Å². The molecule has 0 radical (unpaired) electrons. The van der Waals surface area contributed by atoms with Gasteiger partial charge in [-0.2, -0.15) is 12.6 Å². The number of likely N-dealkylation sites (N-methyl/N-ethyl adjacent to an activating group) is 1. The first-order valence-electron chi connectivity index (χ1n) is 4.21. The molecular formula is C8H14N2O2S. The number of imide groups is 1. The fourth-order valence-corrected chi connectivity index (χ4v) is 1.82. The lowest BCUT2D eigenvalue weighted by molar-refractivity contribution is -0.127. The van der Waals surface area contributed by atoms with E-state index >= 15 is 0 Å². The number of amides is 3. The number of urea groups is 1. The van der Waals surface area contributed by atoms with Crippen LogP contribution in [-0.4, -0.2) is 46.6 Å². The number of rotatable bonds is 2. The second kappa shape index (κ2) is 3.57. The average Bonchev–Trinajstić information content (AvgIpc) is 2.29. The molecule has 1 rings (SSSR count). The molecule has 1 saturated heterocycles. The average molecular weight is 202 g/mol. The summed E-state index contributed by atoms with van der Waals surface area (Å²) < 4.78 is 0. The van der Waals surface area contributed by atoms with Gasteiger partial charge in [-0.25, -0.2) is 4.79 Å². The van der Waals surface area contributed by atoms with Crippen molar-refractivity contribution in [1.29, 1.82) is 0 Å². The maximum atomic E-state index is 11.5. The lowest BCUT2D eigenvalue weighted by Gasteiger charge is -2.24.